The Morgan fingerprint density at radius 2 is 2.17 bits per heavy atom. The first-order valence-corrected chi connectivity index (χ1v) is 4.29. The van der Waals surface area contributed by atoms with Crippen LogP contribution in [0.2, 0.25) is 0 Å². The Bertz CT molecular complexity index is 253. The smallest absolute Gasteiger partial charge is 0.138 e. The van der Waals surface area contributed by atoms with Crippen molar-refractivity contribution in [3.8, 4) is 0 Å². The van der Waals surface area contributed by atoms with Crippen molar-refractivity contribution in [1.82, 2.24) is 5.16 Å². The van der Waals surface area contributed by atoms with Crippen LogP contribution in [0.3, 0.4) is 0 Å². The molecular formula is C9H16N2O. The topological polar surface area (TPSA) is 52.0 Å². The van der Waals surface area contributed by atoms with Crippen LogP contribution in [0.15, 0.2) is 4.52 Å². The zero-order valence-corrected chi connectivity index (χ0v) is 7.92. The predicted molar refractivity (Wildman–Crippen MR) is 47.7 cm³/mol. The van der Waals surface area contributed by atoms with Crippen LogP contribution in [0.25, 0.3) is 0 Å². The van der Waals surface area contributed by atoms with Crippen molar-refractivity contribution < 1.29 is 4.52 Å². The summed E-state index contributed by atoms with van der Waals surface area (Å²) < 4.78 is 5.06. The van der Waals surface area contributed by atoms with Crippen molar-refractivity contribution >= 4 is 0 Å². The lowest BCUT2D eigenvalue weighted by molar-refractivity contribution is 0.386. The molecule has 0 saturated heterocycles. The standard InChI is InChI=1S/C9H16N2O/c1-6(2)4-9-8(5-10)7(3)12-11-9/h6H,4-5,10H2,1-3H3. The monoisotopic (exact) mass is 168 g/mol. The molecule has 0 aliphatic rings. The highest BCUT2D eigenvalue weighted by Gasteiger charge is 2.11. The molecule has 3 heteroatoms. The molecule has 2 N–H and O–H groups in total. The summed E-state index contributed by atoms with van der Waals surface area (Å²) in [7, 11) is 0. The van der Waals surface area contributed by atoms with Crippen LogP contribution in [0, 0.1) is 12.8 Å². The van der Waals surface area contributed by atoms with E-state index in [2.05, 4.69) is 19.0 Å². The van der Waals surface area contributed by atoms with Crippen molar-refractivity contribution in [2.75, 3.05) is 0 Å². The average molecular weight is 168 g/mol. The molecule has 1 aromatic rings. The second kappa shape index (κ2) is 3.72. The van der Waals surface area contributed by atoms with Crippen molar-refractivity contribution in [2.24, 2.45) is 11.7 Å². The summed E-state index contributed by atoms with van der Waals surface area (Å²) >= 11 is 0. The van der Waals surface area contributed by atoms with E-state index in [9.17, 15) is 0 Å². The van der Waals surface area contributed by atoms with Crippen molar-refractivity contribution in [3.05, 3.63) is 17.0 Å². The Morgan fingerprint density at radius 1 is 1.50 bits per heavy atom. The maximum atomic E-state index is 5.57. The molecule has 0 amide bonds. The van der Waals surface area contributed by atoms with Gasteiger partial charge >= 0.3 is 0 Å². The van der Waals surface area contributed by atoms with E-state index in [1.54, 1.807) is 0 Å². The van der Waals surface area contributed by atoms with Crippen LogP contribution in [-0.2, 0) is 13.0 Å². The highest BCUT2D eigenvalue weighted by molar-refractivity contribution is 5.21. The van der Waals surface area contributed by atoms with E-state index in [4.69, 9.17) is 10.3 Å². The fourth-order valence-electron chi connectivity index (χ4n) is 1.25. The largest absolute Gasteiger partial charge is 0.361 e. The quantitative estimate of drug-likeness (QED) is 0.746. The van der Waals surface area contributed by atoms with Gasteiger partial charge in [-0.25, -0.2) is 0 Å². The lowest BCUT2D eigenvalue weighted by atomic mass is 10.0. The number of aromatic nitrogens is 1. The molecule has 0 atom stereocenters. The number of hydrogen-bond donors (Lipinski definition) is 1. The van der Waals surface area contributed by atoms with Crippen LogP contribution in [-0.4, -0.2) is 5.16 Å². The highest BCUT2D eigenvalue weighted by Crippen LogP contribution is 2.15. The van der Waals surface area contributed by atoms with Gasteiger partial charge < -0.3 is 10.3 Å². The molecule has 1 rings (SSSR count). The van der Waals surface area contributed by atoms with Gasteiger partial charge in [0.2, 0.25) is 0 Å². The zero-order chi connectivity index (χ0) is 9.14. The Balaban J connectivity index is 2.84. The van der Waals surface area contributed by atoms with Gasteiger partial charge in [0, 0.05) is 12.1 Å². The first-order chi connectivity index (χ1) is 5.65. The maximum Gasteiger partial charge on any atom is 0.138 e. The molecule has 12 heavy (non-hydrogen) atoms. The summed E-state index contributed by atoms with van der Waals surface area (Å²) in [6, 6.07) is 0. The minimum absolute atomic E-state index is 0.525. The molecule has 0 saturated carbocycles. The normalized spacial score (nSPS) is 11.1. The lowest BCUT2D eigenvalue weighted by Gasteiger charge is -2.01. The van der Waals surface area contributed by atoms with Gasteiger partial charge in [0.15, 0.2) is 0 Å². The second-order valence-corrected chi connectivity index (χ2v) is 3.47. The molecule has 0 bridgehead atoms. The fourth-order valence-corrected chi connectivity index (χ4v) is 1.25. The van der Waals surface area contributed by atoms with Crippen LogP contribution in [0.4, 0.5) is 0 Å². The van der Waals surface area contributed by atoms with E-state index in [0.717, 1.165) is 23.4 Å². The van der Waals surface area contributed by atoms with E-state index in [1.807, 2.05) is 6.92 Å². The molecule has 1 aromatic heterocycles. The van der Waals surface area contributed by atoms with Gasteiger partial charge in [-0.2, -0.15) is 0 Å². The minimum Gasteiger partial charge on any atom is -0.361 e. The van der Waals surface area contributed by atoms with Crippen LogP contribution < -0.4 is 5.73 Å². The summed E-state index contributed by atoms with van der Waals surface area (Å²) in [6.07, 6.45) is 0.948. The molecule has 1 heterocycles. The number of hydrogen-bond acceptors (Lipinski definition) is 3. The Labute approximate surface area is 72.9 Å². The first-order valence-electron chi connectivity index (χ1n) is 4.29. The van der Waals surface area contributed by atoms with Gasteiger partial charge in [0.1, 0.15) is 5.76 Å². The van der Waals surface area contributed by atoms with Crippen LogP contribution in [0.1, 0.15) is 30.9 Å². The Hall–Kier alpha value is -0.830. The molecule has 0 aliphatic carbocycles. The molecule has 0 unspecified atom stereocenters. The molecule has 0 aliphatic heterocycles. The summed E-state index contributed by atoms with van der Waals surface area (Å²) in [5.74, 6) is 1.45. The van der Waals surface area contributed by atoms with Gasteiger partial charge in [-0.05, 0) is 19.3 Å². The molecule has 0 radical (unpaired) electrons. The van der Waals surface area contributed by atoms with Crippen molar-refractivity contribution in [1.29, 1.82) is 0 Å². The van der Waals surface area contributed by atoms with E-state index in [0.29, 0.717) is 12.5 Å². The third-order valence-corrected chi connectivity index (χ3v) is 1.87. The number of rotatable bonds is 3. The third-order valence-electron chi connectivity index (χ3n) is 1.87. The summed E-state index contributed by atoms with van der Waals surface area (Å²) in [5, 5.41) is 3.97. The van der Waals surface area contributed by atoms with Gasteiger partial charge in [-0.1, -0.05) is 19.0 Å². The Kier molecular flexibility index (Phi) is 2.87. The van der Waals surface area contributed by atoms with Gasteiger partial charge in [0.25, 0.3) is 0 Å². The molecule has 68 valence electrons. The van der Waals surface area contributed by atoms with Crippen LogP contribution >= 0.6 is 0 Å². The lowest BCUT2D eigenvalue weighted by Crippen LogP contribution is -2.03. The summed E-state index contributed by atoms with van der Waals surface area (Å²) in [5.41, 5.74) is 7.66. The molecule has 3 nitrogen and oxygen atoms in total. The van der Waals surface area contributed by atoms with Crippen molar-refractivity contribution in [2.45, 2.75) is 33.7 Å². The second-order valence-electron chi connectivity index (χ2n) is 3.47. The fraction of sp³-hybridized carbons (Fsp3) is 0.667. The summed E-state index contributed by atoms with van der Waals surface area (Å²) in [6.45, 7) is 6.74. The summed E-state index contributed by atoms with van der Waals surface area (Å²) in [4.78, 5) is 0. The Morgan fingerprint density at radius 3 is 2.67 bits per heavy atom. The van der Waals surface area contributed by atoms with E-state index in [-0.39, 0.29) is 0 Å². The number of nitrogens with zero attached hydrogens (tertiary/aromatic N) is 1. The van der Waals surface area contributed by atoms with Crippen molar-refractivity contribution in [3.63, 3.8) is 0 Å². The highest BCUT2D eigenvalue weighted by atomic mass is 16.5. The first kappa shape index (κ1) is 9.26. The molecule has 0 aromatic carbocycles. The maximum absolute atomic E-state index is 5.57. The third kappa shape index (κ3) is 1.85. The number of aryl methyl sites for hydroxylation is 1. The SMILES string of the molecule is Cc1onc(CC(C)C)c1CN. The number of nitrogens with two attached hydrogens (primary N) is 1. The predicted octanol–water partition coefficient (Wildman–Crippen LogP) is 1.64. The zero-order valence-electron chi connectivity index (χ0n) is 7.92. The van der Waals surface area contributed by atoms with Gasteiger partial charge in [-0.15, -0.1) is 0 Å². The van der Waals surface area contributed by atoms with E-state index >= 15 is 0 Å². The average Bonchev–Trinajstić information content (AvgIpc) is 2.30. The molecule has 0 spiro atoms. The molecule has 0 fully saturated rings. The van der Waals surface area contributed by atoms with Gasteiger partial charge in [0.05, 0.1) is 5.69 Å². The molecular weight excluding hydrogens is 152 g/mol. The van der Waals surface area contributed by atoms with Gasteiger partial charge in [-0.3, -0.25) is 0 Å². The van der Waals surface area contributed by atoms with E-state index < -0.39 is 0 Å². The van der Waals surface area contributed by atoms with Crippen LogP contribution in [0.5, 0.6) is 0 Å². The minimum atomic E-state index is 0.525. The van der Waals surface area contributed by atoms with E-state index in [1.165, 1.54) is 0 Å².